The summed E-state index contributed by atoms with van der Waals surface area (Å²) in [7, 11) is 0. The fraction of sp³-hybridized carbons (Fsp3) is 0.480. The van der Waals surface area contributed by atoms with Gasteiger partial charge in [-0.15, -0.1) is 23.2 Å². The molecule has 206 valence electrons. The van der Waals surface area contributed by atoms with Gasteiger partial charge in [-0.2, -0.15) is 26.3 Å². The number of thioether (sulfide) groups is 1. The summed E-state index contributed by atoms with van der Waals surface area (Å²) in [6.45, 7) is 4.32. The van der Waals surface area contributed by atoms with Crippen molar-refractivity contribution in [1.29, 1.82) is 0 Å². The van der Waals surface area contributed by atoms with Crippen molar-refractivity contribution in [2.24, 2.45) is 0 Å². The number of halogens is 3. The number of hydrogen-bond donors (Lipinski definition) is 3. The number of aromatic amines is 1. The number of rotatable bonds is 14. The third kappa shape index (κ3) is 7.94. The third-order valence-electron chi connectivity index (χ3n) is 5.93. The molecule has 0 radical (unpaired) electrons. The number of aromatic nitrogens is 5. The number of H-pyrrole nitrogens is 1. The van der Waals surface area contributed by atoms with E-state index in [0.717, 1.165) is 23.6 Å². The van der Waals surface area contributed by atoms with Crippen LogP contribution >= 0.6 is 35.0 Å². The first-order valence-electron chi connectivity index (χ1n) is 12.4. The van der Waals surface area contributed by atoms with Crippen LogP contribution in [0.15, 0.2) is 24.4 Å². The summed E-state index contributed by atoms with van der Waals surface area (Å²) >= 11 is 13.4. The van der Waals surface area contributed by atoms with Crippen molar-refractivity contribution >= 4 is 52.6 Å². The number of aryl methyl sites for hydroxylation is 3. The van der Waals surface area contributed by atoms with Crippen LogP contribution in [0.5, 0.6) is 0 Å². The lowest BCUT2D eigenvalue weighted by Crippen LogP contribution is -2.44. The number of alkyl halides is 2. The maximum atomic E-state index is 15.0. The van der Waals surface area contributed by atoms with E-state index in [1.807, 2.05) is 20.1 Å². The topological polar surface area (TPSA) is 118 Å². The second-order valence-electron chi connectivity index (χ2n) is 8.68. The summed E-state index contributed by atoms with van der Waals surface area (Å²) in [4.78, 5) is 29.6. The molecular formula is C25H32Cl2FN7O2S. The highest BCUT2D eigenvalue weighted by atomic mass is 35.5. The van der Waals surface area contributed by atoms with E-state index in [0.29, 0.717) is 42.6 Å². The maximum absolute atomic E-state index is 15.0. The smallest absolute Gasteiger partial charge is 0.270 e. The molecule has 9 nitrogen and oxygen atoms in total. The molecule has 0 fully saturated rings. The highest BCUT2D eigenvalue weighted by molar-refractivity contribution is 7.98. The Morgan fingerprint density at radius 1 is 1.21 bits per heavy atom. The molecule has 2 amide bonds. The van der Waals surface area contributed by atoms with Crippen LogP contribution in [0.3, 0.4) is 0 Å². The normalized spacial score (nSPS) is 12.1. The number of hydrogen-bond acceptors (Lipinski definition) is 6. The summed E-state index contributed by atoms with van der Waals surface area (Å²) in [5, 5.41) is 16.7. The SMILES string of the molecule is CCc1n[nH]c(C)c1-c1ccc(NC(=O)[C@H](CCCC(Cl)Cl)NC(=O)c2ccnn2CCCSC)nc1F. The van der Waals surface area contributed by atoms with Crippen molar-refractivity contribution in [3.63, 3.8) is 0 Å². The largest absolute Gasteiger partial charge is 0.339 e. The molecule has 38 heavy (non-hydrogen) atoms. The molecule has 0 spiro atoms. The van der Waals surface area contributed by atoms with Gasteiger partial charge in [0, 0.05) is 29.6 Å². The van der Waals surface area contributed by atoms with Gasteiger partial charge in [0.2, 0.25) is 11.9 Å². The van der Waals surface area contributed by atoms with Gasteiger partial charge in [0.1, 0.15) is 22.4 Å². The van der Waals surface area contributed by atoms with Crippen LogP contribution in [0.2, 0.25) is 0 Å². The van der Waals surface area contributed by atoms with E-state index in [1.54, 1.807) is 34.8 Å². The first-order valence-corrected chi connectivity index (χ1v) is 14.6. The first kappa shape index (κ1) is 29.9. The number of nitrogens with one attached hydrogen (secondary N) is 3. The third-order valence-corrected chi connectivity index (χ3v) is 7.06. The predicted molar refractivity (Wildman–Crippen MR) is 150 cm³/mol. The van der Waals surface area contributed by atoms with Crippen LogP contribution in [0, 0.1) is 12.9 Å². The molecule has 3 heterocycles. The molecule has 3 aromatic heterocycles. The number of carbonyl (C=O) groups is 2. The quantitative estimate of drug-likeness (QED) is 0.137. The minimum absolute atomic E-state index is 0.0318. The second kappa shape index (κ2) is 14.5. The van der Waals surface area contributed by atoms with Crippen molar-refractivity contribution in [3.8, 4) is 11.1 Å². The number of amides is 2. The Balaban J connectivity index is 1.75. The van der Waals surface area contributed by atoms with Crippen LogP contribution in [-0.2, 0) is 17.8 Å². The van der Waals surface area contributed by atoms with E-state index in [4.69, 9.17) is 23.2 Å². The zero-order chi connectivity index (χ0) is 27.7. The lowest BCUT2D eigenvalue weighted by Gasteiger charge is -2.19. The van der Waals surface area contributed by atoms with Crippen molar-refractivity contribution in [3.05, 3.63) is 47.4 Å². The van der Waals surface area contributed by atoms with Gasteiger partial charge in [0.15, 0.2) is 0 Å². The van der Waals surface area contributed by atoms with E-state index >= 15 is 4.39 Å². The molecule has 1 atom stereocenters. The first-order chi connectivity index (χ1) is 18.2. The molecule has 0 aliphatic carbocycles. The lowest BCUT2D eigenvalue weighted by molar-refractivity contribution is -0.118. The Labute approximate surface area is 235 Å². The molecule has 0 saturated heterocycles. The number of nitrogens with zero attached hydrogens (tertiary/aromatic N) is 4. The highest BCUT2D eigenvalue weighted by Crippen LogP contribution is 2.28. The average Bonchev–Trinajstić information content (AvgIpc) is 3.50. The Kier molecular flexibility index (Phi) is 11.4. The van der Waals surface area contributed by atoms with Gasteiger partial charge in [0.25, 0.3) is 5.91 Å². The molecule has 0 aliphatic heterocycles. The fourth-order valence-electron chi connectivity index (χ4n) is 4.04. The van der Waals surface area contributed by atoms with Crippen molar-refractivity contribution in [2.45, 2.75) is 63.4 Å². The summed E-state index contributed by atoms with van der Waals surface area (Å²) in [6.07, 6.45) is 6.26. The zero-order valence-electron chi connectivity index (χ0n) is 21.6. The predicted octanol–water partition coefficient (Wildman–Crippen LogP) is 5.14. The van der Waals surface area contributed by atoms with Crippen molar-refractivity contribution in [1.82, 2.24) is 30.3 Å². The van der Waals surface area contributed by atoms with Gasteiger partial charge in [0.05, 0.1) is 5.69 Å². The van der Waals surface area contributed by atoms with Gasteiger partial charge in [-0.25, -0.2) is 4.98 Å². The molecule has 0 aliphatic rings. The molecule has 3 rings (SSSR count). The molecule has 0 bridgehead atoms. The van der Waals surface area contributed by atoms with E-state index in [-0.39, 0.29) is 12.2 Å². The summed E-state index contributed by atoms with van der Waals surface area (Å²) in [5.74, 6) is -0.724. The summed E-state index contributed by atoms with van der Waals surface area (Å²) in [5.41, 5.74) is 2.76. The molecule has 13 heteroatoms. The van der Waals surface area contributed by atoms with E-state index in [2.05, 4.69) is 30.9 Å². The highest BCUT2D eigenvalue weighted by Gasteiger charge is 2.24. The van der Waals surface area contributed by atoms with E-state index < -0.39 is 28.6 Å². The average molecular weight is 585 g/mol. The molecule has 3 N–H and O–H groups in total. The molecule has 0 aromatic carbocycles. The summed E-state index contributed by atoms with van der Waals surface area (Å²) < 4.78 is 16.6. The zero-order valence-corrected chi connectivity index (χ0v) is 23.9. The van der Waals surface area contributed by atoms with Gasteiger partial charge >= 0.3 is 0 Å². The lowest BCUT2D eigenvalue weighted by atomic mass is 10.0. The minimum atomic E-state index is -0.920. The van der Waals surface area contributed by atoms with E-state index in [1.165, 1.54) is 6.07 Å². The number of anilines is 1. The molecule has 3 aromatic rings. The monoisotopic (exact) mass is 583 g/mol. The molecule has 0 saturated carbocycles. The number of carbonyl (C=O) groups excluding carboxylic acids is 2. The Morgan fingerprint density at radius 2 is 2.00 bits per heavy atom. The van der Waals surface area contributed by atoms with Crippen molar-refractivity contribution < 1.29 is 14.0 Å². The fourth-order valence-corrected chi connectivity index (χ4v) is 4.76. The van der Waals surface area contributed by atoms with Crippen LogP contribution in [0.1, 0.15) is 54.5 Å². The maximum Gasteiger partial charge on any atom is 0.270 e. The van der Waals surface area contributed by atoms with Crippen LogP contribution in [-0.4, -0.2) is 59.7 Å². The Bertz CT molecular complexity index is 1230. The summed E-state index contributed by atoms with van der Waals surface area (Å²) in [6, 6.07) is 3.77. The van der Waals surface area contributed by atoms with Gasteiger partial charge in [-0.3, -0.25) is 19.4 Å². The standard InChI is InChI=1S/C25H32Cl2FN7O2S/c1-4-17-22(15(2)33-34-17)16-9-10-21(31-23(16)28)32-24(36)18(7-5-8-20(26)27)30-25(37)19-11-12-29-35(19)13-6-14-38-3/h9-12,18,20H,4-8,13-14H2,1-3H3,(H,30,37)(H,33,34)(H,31,32,36)/t18-/m0/s1. The van der Waals surface area contributed by atoms with Gasteiger partial charge < -0.3 is 10.6 Å². The van der Waals surface area contributed by atoms with Crippen LogP contribution in [0.4, 0.5) is 10.2 Å². The number of pyridine rings is 1. The Morgan fingerprint density at radius 3 is 2.68 bits per heavy atom. The second-order valence-corrected chi connectivity index (χ2v) is 10.9. The van der Waals surface area contributed by atoms with Gasteiger partial charge in [-0.05, 0) is 69.2 Å². The van der Waals surface area contributed by atoms with Gasteiger partial charge in [-0.1, -0.05) is 6.92 Å². The molecular weight excluding hydrogens is 552 g/mol. The van der Waals surface area contributed by atoms with Crippen LogP contribution < -0.4 is 10.6 Å². The van der Waals surface area contributed by atoms with Crippen molar-refractivity contribution in [2.75, 3.05) is 17.3 Å². The van der Waals surface area contributed by atoms with E-state index in [9.17, 15) is 9.59 Å². The van der Waals surface area contributed by atoms with Crippen LogP contribution in [0.25, 0.3) is 11.1 Å². The molecule has 0 unspecified atom stereocenters. The Hall–Kier alpha value is -2.63. The minimum Gasteiger partial charge on any atom is -0.339 e.